The predicted molar refractivity (Wildman–Crippen MR) is 91.5 cm³/mol. The number of nitrogens with zero attached hydrogens (tertiary/aromatic N) is 3. The predicted octanol–water partition coefficient (Wildman–Crippen LogP) is 3.68. The van der Waals surface area contributed by atoms with Crippen molar-refractivity contribution in [2.45, 2.75) is 49.1 Å². The smallest absolute Gasteiger partial charge is 0.219 e. The summed E-state index contributed by atoms with van der Waals surface area (Å²) in [5, 5.41) is 9.43. The van der Waals surface area contributed by atoms with Crippen LogP contribution in [0.2, 0.25) is 5.02 Å². The molecule has 0 spiro atoms. The molecule has 0 bridgehead atoms. The van der Waals surface area contributed by atoms with Gasteiger partial charge in [-0.15, -0.1) is 10.2 Å². The van der Waals surface area contributed by atoms with Crippen molar-refractivity contribution in [2.75, 3.05) is 0 Å². The Bertz CT molecular complexity index is 763. The summed E-state index contributed by atoms with van der Waals surface area (Å²) in [5.74, 6) is 0.566. The molecule has 8 heteroatoms. The third-order valence-electron chi connectivity index (χ3n) is 3.97. The van der Waals surface area contributed by atoms with Crippen LogP contribution in [0.4, 0.5) is 4.39 Å². The van der Waals surface area contributed by atoms with E-state index in [4.69, 9.17) is 17.3 Å². The van der Waals surface area contributed by atoms with Crippen molar-refractivity contribution < 1.29 is 9.18 Å². The lowest BCUT2D eigenvalue weighted by atomic mass is 10.2. The Kier molecular flexibility index (Phi) is 5.10. The first-order valence-corrected chi connectivity index (χ1v) is 9.04. The molecule has 1 fully saturated rings. The fraction of sp³-hybridized carbons (Fsp3) is 0.438. The number of thioether (sulfide) groups is 1. The highest BCUT2D eigenvalue weighted by Gasteiger charge is 2.30. The molecule has 1 aliphatic carbocycles. The molecule has 2 aromatic rings. The molecule has 5 nitrogen and oxygen atoms in total. The number of hydrogen-bond donors (Lipinski definition) is 1. The highest BCUT2D eigenvalue weighted by molar-refractivity contribution is 7.99. The number of hydrogen-bond acceptors (Lipinski definition) is 4. The van der Waals surface area contributed by atoms with Crippen LogP contribution >= 0.6 is 23.4 Å². The highest BCUT2D eigenvalue weighted by atomic mass is 35.5. The lowest BCUT2D eigenvalue weighted by Gasteiger charge is -2.13. The molecule has 1 heterocycles. The molecule has 1 saturated carbocycles. The van der Waals surface area contributed by atoms with Crippen LogP contribution in [-0.4, -0.2) is 20.7 Å². The number of amides is 1. The maximum Gasteiger partial charge on any atom is 0.219 e. The van der Waals surface area contributed by atoms with E-state index in [-0.39, 0.29) is 22.6 Å². The van der Waals surface area contributed by atoms with Crippen molar-refractivity contribution in [3.05, 3.63) is 40.4 Å². The first-order valence-electron chi connectivity index (χ1n) is 7.78. The van der Waals surface area contributed by atoms with E-state index in [0.29, 0.717) is 12.5 Å². The summed E-state index contributed by atoms with van der Waals surface area (Å²) in [7, 11) is 0. The monoisotopic (exact) mass is 368 g/mol. The molecular weight excluding hydrogens is 351 g/mol. The third-order valence-corrected chi connectivity index (χ3v) is 5.39. The van der Waals surface area contributed by atoms with E-state index in [9.17, 15) is 9.18 Å². The second kappa shape index (κ2) is 7.11. The molecule has 0 saturated heterocycles. The van der Waals surface area contributed by atoms with E-state index >= 15 is 0 Å². The van der Waals surface area contributed by atoms with Gasteiger partial charge in [-0.2, -0.15) is 0 Å². The average Bonchev–Trinajstić information content (AvgIpc) is 3.30. The van der Waals surface area contributed by atoms with Crippen LogP contribution in [0.3, 0.4) is 0 Å². The molecule has 3 rings (SSSR count). The van der Waals surface area contributed by atoms with Gasteiger partial charge in [0.25, 0.3) is 0 Å². The SMILES string of the molecule is C[C@H](Sc1nnc(C2CC2)n1CCC(N)=O)c1ccc(F)c(Cl)c1. The maximum absolute atomic E-state index is 13.3. The molecule has 24 heavy (non-hydrogen) atoms. The summed E-state index contributed by atoms with van der Waals surface area (Å²) in [4.78, 5) is 11.1. The first-order chi connectivity index (χ1) is 11.5. The number of primary amides is 1. The zero-order valence-corrected chi connectivity index (χ0v) is 14.8. The quantitative estimate of drug-likeness (QED) is 0.756. The molecule has 1 aromatic carbocycles. The Morgan fingerprint density at radius 3 is 2.88 bits per heavy atom. The van der Waals surface area contributed by atoms with Gasteiger partial charge in [-0.1, -0.05) is 29.4 Å². The van der Waals surface area contributed by atoms with Gasteiger partial charge in [-0.25, -0.2) is 4.39 Å². The van der Waals surface area contributed by atoms with Crippen molar-refractivity contribution in [2.24, 2.45) is 5.73 Å². The van der Waals surface area contributed by atoms with Gasteiger partial charge < -0.3 is 10.3 Å². The lowest BCUT2D eigenvalue weighted by molar-refractivity contribution is -0.118. The Labute approximate surface area is 148 Å². The molecule has 128 valence electrons. The summed E-state index contributed by atoms with van der Waals surface area (Å²) in [6, 6.07) is 4.70. The molecule has 1 aliphatic rings. The van der Waals surface area contributed by atoms with Gasteiger partial charge in [-0.05, 0) is 37.5 Å². The number of carbonyl (C=O) groups excluding carboxylic acids is 1. The number of nitrogens with two attached hydrogens (primary N) is 1. The van der Waals surface area contributed by atoms with Gasteiger partial charge in [0.1, 0.15) is 11.6 Å². The molecule has 2 N–H and O–H groups in total. The van der Waals surface area contributed by atoms with E-state index in [0.717, 1.165) is 29.4 Å². The minimum absolute atomic E-state index is 0.0201. The fourth-order valence-electron chi connectivity index (χ4n) is 2.45. The second-order valence-corrected chi connectivity index (χ2v) is 7.63. The minimum Gasteiger partial charge on any atom is -0.370 e. The van der Waals surface area contributed by atoms with Gasteiger partial charge in [0.05, 0.1) is 5.02 Å². The lowest BCUT2D eigenvalue weighted by Crippen LogP contribution is -2.15. The van der Waals surface area contributed by atoms with Crippen molar-refractivity contribution in [3.8, 4) is 0 Å². The summed E-state index contributed by atoms with van der Waals surface area (Å²) < 4.78 is 15.3. The molecule has 0 radical (unpaired) electrons. The van der Waals surface area contributed by atoms with Crippen LogP contribution in [0, 0.1) is 5.82 Å². The normalized spacial score (nSPS) is 15.5. The Hall–Kier alpha value is -1.60. The van der Waals surface area contributed by atoms with E-state index < -0.39 is 5.82 Å². The van der Waals surface area contributed by atoms with Gasteiger partial charge in [0.2, 0.25) is 5.91 Å². The third kappa shape index (κ3) is 3.89. The Morgan fingerprint density at radius 1 is 1.50 bits per heavy atom. The van der Waals surface area contributed by atoms with E-state index in [1.54, 1.807) is 12.1 Å². The zero-order valence-electron chi connectivity index (χ0n) is 13.2. The topological polar surface area (TPSA) is 73.8 Å². The molecular formula is C16H18ClFN4OS. The molecule has 1 atom stereocenters. The Balaban J connectivity index is 1.80. The number of benzene rings is 1. The van der Waals surface area contributed by atoms with Crippen molar-refractivity contribution in [1.29, 1.82) is 0 Å². The van der Waals surface area contributed by atoms with Crippen molar-refractivity contribution >= 4 is 29.3 Å². The summed E-state index contributed by atoms with van der Waals surface area (Å²) >= 11 is 7.37. The summed E-state index contributed by atoms with van der Waals surface area (Å²) in [6.45, 7) is 2.48. The number of rotatable bonds is 7. The maximum atomic E-state index is 13.3. The standard InChI is InChI=1S/C16H18ClFN4OS/c1-9(11-4-5-13(18)12(17)8-11)24-16-21-20-15(10-2-3-10)22(16)7-6-14(19)23/h4-5,8-10H,2-3,6-7H2,1H3,(H2,19,23)/t9-/m0/s1. The van der Waals surface area contributed by atoms with E-state index in [1.807, 2.05) is 11.5 Å². The molecule has 1 aromatic heterocycles. The van der Waals surface area contributed by atoms with Crippen LogP contribution in [0.15, 0.2) is 23.4 Å². The largest absolute Gasteiger partial charge is 0.370 e. The van der Waals surface area contributed by atoms with E-state index in [1.165, 1.54) is 17.8 Å². The van der Waals surface area contributed by atoms with Crippen LogP contribution in [0.25, 0.3) is 0 Å². The summed E-state index contributed by atoms with van der Waals surface area (Å²) in [6.07, 6.45) is 2.45. The van der Waals surface area contributed by atoms with Crippen LogP contribution < -0.4 is 5.73 Å². The van der Waals surface area contributed by atoms with Crippen molar-refractivity contribution in [1.82, 2.24) is 14.8 Å². The molecule has 0 aliphatic heterocycles. The van der Waals surface area contributed by atoms with Crippen LogP contribution in [0.1, 0.15) is 48.7 Å². The van der Waals surface area contributed by atoms with Gasteiger partial charge >= 0.3 is 0 Å². The average molecular weight is 369 g/mol. The number of halogens is 2. The summed E-state index contributed by atoms with van der Waals surface area (Å²) in [5.41, 5.74) is 6.18. The fourth-order valence-corrected chi connectivity index (χ4v) is 3.64. The van der Waals surface area contributed by atoms with Gasteiger partial charge in [0.15, 0.2) is 5.16 Å². The van der Waals surface area contributed by atoms with Gasteiger partial charge in [-0.3, -0.25) is 4.79 Å². The second-order valence-electron chi connectivity index (χ2n) is 5.92. The Morgan fingerprint density at radius 2 is 2.25 bits per heavy atom. The number of aromatic nitrogens is 3. The highest BCUT2D eigenvalue weighted by Crippen LogP contribution is 2.42. The number of carbonyl (C=O) groups is 1. The molecule has 1 amide bonds. The van der Waals surface area contributed by atoms with Gasteiger partial charge in [0, 0.05) is 24.1 Å². The molecule has 0 unspecified atom stereocenters. The minimum atomic E-state index is -0.432. The van der Waals surface area contributed by atoms with Crippen molar-refractivity contribution in [3.63, 3.8) is 0 Å². The van der Waals surface area contributed by atoms with E-state index in [2.05, 4.69) is 10.2 Å². The van der Waals surface area contributed by atoms with Crippen LogP contribution in [-0.2, 0) is 11.3 Å². The van der Waals surface area contributed by atoms with Crippen LogP contribution in [0.5, 0.6) is 0 Å². The first kappa shape index (κ1) is 17.2. The zero-order chi connectivity index (χ0) is 17.3.